The van der Waals surface area contributed by atoms with Crippen molar-refractivity contribution in [3.05, 3.63) is 88.7 Å². The summed E-state index contributed by atoms with van der Waals surface area (Å²) >= 11 is 0. The number of aryl methyl sites for hydroxylation is 1. The average Bonchev–Trinajstić information content (AvgIpc) is 2.97. The minimum Gasteiger partial charge on any atom is -0.476 e. The van der Waals surface area contributed by atoms with Gasteiger partial charge < -0.3 is 23.8 Å². The van der Waals surface area contributed by atoms with Crippen molar-refractivity contribution in [2.24, 2.45) is 0 Å². The standard InChI is InChI=1S/C29H31N3O6/c1-3-31(4-2)24(33)19-37-27-25-22-13-9-8-10-20(22)14-15-32(25)29(34)30-28(27)38-26(21-11-6-5-7-12-21)23-18-35-16-17-36-23/h5-6,8-11,13,16-18,26H,3-4,7,12,14-15,19H2,1-2H3. The number of ether oxygens (including phenoxy) is 4. The summed E-state index contributed by atoms with van der Waals surface area (Å²) in [5, 5.41) is 0. The predicted molar refractivity (Wildman–Crippen MR) is 141 cm³/mol. The van der Waals surface area contributed by atoms with Gasteiger partial charge in [-0.25, -0.2) is 4.79 Å². The number of hydrogen-bond acceptors (Lipinski definition) is 7. The number of fused-ring (bicyclic) bond motifs is 3. The van der Waals surface area contributed by atoms with E-state index in [0.29, 0.717) is 37.5 Å². The Morgan fingerprint density at radius 1 is 1.18 bits per heavy atom. The number of carbonyl (C=O) groups is 1. The molecule has 1 amide bonds. The Balaban J connectivity index is 1.61. The Morgan fingerprint density at radius 3 is 2.76 bits per heavy atom. The highest BCUT2D eigenvalue weighted by atomic mass is 16.6. The van der Waals surface area contributed by atoms with Crippen molar-refractivity contribution in [3.63, 3.8) is 0 Å². The van der Waals surface area contributed by atoms with E-state index in [0.717, 1.165) is 29.5 Å². The zero-order valence-electron chi connectivity index (χ0n) is 21.6. The maximum Gasteiger partial charge on any atom is 0.351 e. The molecular formula is C29H31N3O6. The maximum absolute atomic E-state index is 13.3. The largest absolute Gasteiger partial charge is 0.476 e. The van der Waals surface area contributed by atoms with Gasteiger partial charge in [-0.05, 0) is 44.2 Å². The molecule has 0 radical (unpaired) electrons. The van der Waals surface area contributed by atoms with E-state index in [2.05, 4.69) is 11.1 Å². The number of benzene rings is 1. The molecule has 1 unspecified atom stereocenters. The molecule has 2 aromatic rings. The molecule has 3 aliphatic rings. The van der Waals surface area contributed by atoms with Crippen LogP contribution in [0.4, 0.5) is 0 Å². The topological polar surface area (TPSA) is 92.1 Å². The third kappa shape index (κ3) is 5.09. The lowest BCUT2D eigenvalue weighted by Crippen LogP contribution is -2.36. The van der Waals surface area contributed by atoms with Crippen molar-refractivity contribution < 1.29 is 23.7 Å². The molecule has 9 nitrogen and oxygen atoms in total. The average molecular weight is 518 g/mol. The molecule has 1 atom stereocenters. The van der Waals surface area contributed by atoms with Crippen molar-refractivity contribution >= 4 is 5.91 Å². The number of carbonyl (C=O) groups excluding carboxylic acids is 1. The lowest BCUT2D eigenvalue weighted by molar-refractivity contribution is -0.133. The number of likely N-dealkylation sites (N-methyl/N-ethyl adjacent to an activating group) is 1. The van der Waals surface area contributed by atoms with E-state index in [-0.39, 0.29) is 24.1 Å². The summed E-state index contributed by atoms with van der Waals surface area (Å²) in [6.07, 6.45) is 11.9. The molecule has 198 valence electrons. The van der Waals surface area contributed by atoms with Gasteiger partial charge in [-0.3, -0.25) is 9.36 Å². The van der Waals surface area contributed by atoms with Crippen LogP contribution in [0, 0.1) is 0 Å². The van der Waals surface area contributed by atoms with Gasteiger partial charge in [0.15, 0.2) is 18.5 Å². The second kappa shape index (κ2) is 11.4. The van der Waals surface area contributed by atoms with Crippen LogP contribution in [0.2, 0.25) is 0 Å². The lowest BCUT2D eigenvalue weighted by Gasteiger charge is -2.28. The van der Waals surface area contributed by atoms with E-state index in [1.807, 2.05) is 50.3 Å². The minimum atomic E-state index is -0.709. The molecule has 0 saturated carbocycles. The van der Waals surface area contributed by atoms with Gasteiger partial charge in [0.25, 0.3) is 11.8 Å². The van der Waals surface area contributed by atoms with Gasteiger partial charge in [-0.2, -0.15) is 4.98 Å². The number of amides is 1. The van der Waals surface area contributed by atoms with Crippen LogP contribution in [0.25, 0.3) is 11.3 Å². The molecule has 1 aromatic carbocycles. The Morgan fingerprint density at radius 2 is 2.03 bits per heavy atom. The zero-order chi connectivity index (χ0) is 26.5. The zero-order valence-corrected chi connectivity index (χ0v) is 21.6. The molecule has 3 heterocycles. The van der Waals surface area contributed by atoms with Crippen LogP contribution < -0.4 is 15.2 Å². The van der Waals surface area contributed by atoms with Crippen LogP contribution >= 0.6 is 0 Å². The minimum absolute atomic E-state index is 0.00445. The van der Waals surface area contributed by atoms with Crippen molar-refractivity contribution in [3.8, 4) is 22.9 Å². The van der Waals surface area contributed by atoms with Crippen molar-refractivity contribution in [1.29, 1.82) is 0 Å². The van der Waals surface area contributed by atoms with Gasteiger partial charge in [-0.15, -0.1) is 0 Å². The maximum atomic E-state index is 13.3. The van der Waals surface area contributed by atoms with Crippen LogP contribution in [0.1, 0.15) is 32.3 Å². The normalized spacial score (nSPS) is 16.2. The quantitative estimate of drug-likeness (QED) is 0.495. The highest BCUT2D eigenvalue weighted by Crippen LogP contribution is 2.41. The fourth-order valence-electron chi connectivity index (χ4n) is 4.87. The fourth-order valence-corrected chi connectivity index (χ4v) is 4.87. The van der Waals surface area contributed by atoms with E-state index < -0.39 is 11.8 Å². The Kier molecular flexibility index (Phi) is 7.62. The number of allylic oxidation sites excluding steroid dienone is 3. The van der Waals surface area contributed by atoms with E-state index in [9.17, 15) is 9.59 Å². The second-order valence-electron chi connectivity index (χ2n) is 9.04. The smallest absolute Gasteiger partial charge is 0.351 e. The molecule has 2 aliphatic heterocycles. The van der Waals surface area contributed by atoms with Crippen molar-refractivity contribution in [2.75, 3.05) is 19.7 Å². The highest BCUT2D eigenvalue weighted by Gasteiger charge is 2.31. The van der Waals surface area contributed by atoms with Gasteiger partial charge >= 0.3 is 5.69 Å². The van der Waals surface area contributed by atoms with Crippen LogP contribution in [-0.4, -0.2) is 46.2 Å². The van der Waals surface area contributed by atoms with Gasteiger partial charge in [0.2, 0.25) is 5.75 Å². The summed E-state index contributed by atoms with van der Waals surface area (Å²) in [7, 11) is 0. The summed E-state index contributed by atoms with van der Waals surface area (Å²) in [5.41, 5.74) is 2.97. The SMILES string of the molecule is CCN(CC)C(=O)COc1c(OC(C2=CC=CCC2)C2=COC=CO2)nc(=O)n2c1-c1ccccc1CC2. The highest BCUT2D eigenvalue weighted by molar-refractivity contribution is 5.79. The Hall–Kier alpha value is -4.27. The molecule has 0 saturated heterocycles. The second-order valence-corrected chi connectivity index (χ2v) is 9.04. The third-order valence-corrected chi connectivity index (χ3v) is 6.83. The van der Waals surface area contributed by atoms with Crippen molar-refractivity contribution in [2.45, 2.75) is 45.8 Å². The number of aromatic nitrogens is 2. The number of nitrogens with zero attached hydrogens (tertiary/aromatic N) is 3. The molecule has 0 bridgehead atoms. The van der Waals surface area contributed by atoms with E-state index in [1.165, 1.54) is 18.8 Å². The fraction of sp³-hybridized carbons (Fsp3) is 0.345. The van der Waals surface area contributed by atoms with Gasteiger partial charge in [-0.1, -0.05) is 42.5 Å². The first-order valence-electron chi connectivity index (χ1n) is 12.9. The molecule has 38 heavy (non-hydrogen) atoms. The predicted octanol–water partition coefficient (Wildman–Crippen LogP) is 4.10. The Labute approximate surface area is 221 Å². The molecule has 1 aliphatic carbocycles. The van der Waals surface area contributed by atoms with Gasteiger partial charge in [0, 0.05) is 25.2 Å². The number of hydrogen-bond donors (Lipinski definition) is 0. The Bertz CT molecular complexity index is 1380. The summed E-state index contributed by atoms with van der Waals surface area (Å²) in [5.74, 6) is 0.509. The van der Waals surface area contributed by atoms with Crippen LogP contribution in [0.15, 0.2) is 77.4 Å². The summed E-state index contributed by atoms with van der Waals surface area (Å²) < 4.78 is 25.3. The summed E-state index contributed by atoms with van der Waals surface area (Å²) in [6, 6.07) is 7.85. The first kappa shape index (κ1) is 25.4. The monoisotopic (exact) mass is 517 g/mol. The molecular weight excluding hydrogens is 486 g/mol. The molecule has 0 N–H and O–H groups in total. The molecule has 5 rings (SSSR count). The third-order valence-electron chi connectivity index (χ3n) is 6.83. The van der Waals surface area contributed by atoms with Gasteiger partial charge in [0.1, 0.15) is 24.5 Å². The molecule has 0 fully saturated rings. The van der Waals surface area contributed by atoms with Crippen LogP contribution in [-0.2, 0) is 27.2 Å². The first-order chi connectivity index (χ1) is 18.6. The van der Waals surface area contributed by atoms with E-state index >= 15 is 0 Å². The van der Waals surface area contributed by atoms with Crippen LogP contribution in [0.5, 0.6) is 11.6 Å². The molecule has 1 aromatic heterocycles. The van der Waals surface area contributed by atoms with Gasteiger partial charge in [0.05, 0.1) is 0 Å². The molecule has 0 spiro atoms. The molecule has 9 heteroatoms. The van der Waals surface area contributed by atoms with Crippen LogP contribution in [0.3, 0.4) is 0 Å². The summed E-state index contributed by atoms with van der Waals surface area (Å²) in [6.45, 7) is 5.21. The lowest BCUT2D eigenvalue weighted by atomic mass is 9.97. The first-order valence-corrected chi connectivity index (χ1v) is 12.9. The van der Waals surface area contributed by atoms with Crippen molar-refractivity contribution in [1.82, 2.24) is 14.5 Å². The van der Waals surface area contributed by atoms with E-state index in [4.69, 9.17) is 18.9 Å². The number of rotatable bonds is 9. The summed E-state index contributed by atoms with van der Waals surface area (Å²) in [4.78, 5) is 32.1. The van der Waals surface area contributed by atoms with E-state index in [1.54, 1.807) is 9.47 Å².